The molecule has 0 aliphatic rings. The van der Waals surface area contributed by atoms with Gasteiger partial charge in [-0.3, -0.25) is 0 Å². The number of hydrogen-bond acceptors (Lipinski definition) is 0. The average Bonchev–Trinajstić information content (AvgIpc) is 2.28. The van der Waals surface area contributed by atoms with Crippen molar-refractivity contribution in [2.24, 2.45) is 7.05 Å². The summed E-state index contributed by atoms with van der Waals surface area (Å²) < 4.78 is 2.16. The van der Waals surface area contributed by atoms with E-state index in [9.17, 15) is 0 Å². The van der Waals surface area contributed by atoms with Crippen LogP contribution in [-0.4, -0.2) is 0 Å². The topological polar surface area (TPSA) is 3.88 Å². The second-order valence-electron chi connectivity index (χ2n) is 3.93. The van der Waals surface area contributed by atoms with Gasteiger partial charge in [-0.05, 0) is 24.6 Å². The number of fused-ring (bicyclic) bond motifs is 1. The van der Waals surface area contributed by atoms with Gasteiger partial charge in [-0.2, -0.15) is 0 Å². The van der Waals surface area contributed by atoms with Crippen LogP contribution in [0, 0.1) is 6.92 Å². The molecule has 16 heavy (non-hydrogen) atoms. The summed E-state index contributed by atoms with van der Waals surface area (Å²) in [6.45, 7) is 5.85. The van der Waals surface area contributed by atoms with E-state index in [1.165, 1.54) is 22.0 Å². The van der Waals surface area contributed by atoms with Crippen LogP contribution >= 0.6 is 0 Å². The van der Waals surface area contributed by atoms with Crippen molar-refractivity contribution in [2.45, 2.75) is 6.92 Å². The first kappa shape index (κ1) is 10.6. The van der Waals surface area contributed by atoms with Crippen molar-refractivity contribution in [3.63, 3.8) is 0 Å². The lowest BCUT2D eigenvalue weighted by molar-refractivity contribution is -0.645. The summed E-state index contributed by atoms with van der Waals surface area (Å²) in [5.74, 6) is 0. The summed E-state index contributed by atoms with van der Waals surface area (Å²) >= 11 is 0. The first-order valence-electron chi connectivity index (χ1n) is 5.41. The highest BCUT2D eigenvalue weighted by molar-refractivity contribution is 5.82. The fourth-order valence-corrected chi connectivity index (χ4v) is 2.04. The van der Waals surface area contributed by atoms with Crippen molar-refractivity contribution in [1.29, 1.82) is 0 Å². The highest BCUT2D eigenvalue weighted by Gasteiger charge is 2.09. The van der Waals surface area contributed by atoms with Crippen molar-refractivity contribution >= 4 is 17.0 Å². The Labute approximate surface area is 96.4 Å². The van der Waals surface area contributed by atoms with Crippen molar-refractivity contribution < 1.29 is 4.57 Å². The van der Waals surface area contributed by atoms with Crippen LogP contribution in [0.3, 0.4) is 0 Å². The maximum Gasteiger partial charge on any atom is 0.215 e. The molecule has 80 valence electrons. The first-order valence-corrected chi connectivity index (χ1v) is 5.41. The summed E-state index contributed by atoms with van der Waals surface area (Å²) in [5.41, 5.74) is 3.83. The molecule has 1 aromatic carbocycles. The predicted molar refractivity (Wildman–Crippen MR) is 69.1 cm³/mol. The third-order valence-corrected chi connectivity index (χ3v) is 2.85. The maximum atomic E-state index is 3.69. The van der Waals surface area contributed by atoms with E-state index < -0.39 is 0 Å². The van der Waals surface area contributed by atoms with Gasteiger partial charge in [0.05, 0.1) is 0 Å². The van der Waals surface area contributed by atoms with E-state index in [-0.39, 0.29) is 0 Å². The number of aryl methyl sites for hydroxylation is 2. The van der Waals surface area contributed by atoms with Gasteiger partial charge >= 0.3 is 0 Å². The van der Waals surface area contributed by atoms with Crippen LogP contribution in [0.1, 0.15) is 11.1 Å². The summed E-state index contributed by atoms with van der Waals surface area (Å²) in [6, 6.07) is 8.52. The average molecular weight is 210 g/mol. The second-order valence-corrected chi connectivity index (χ2v) is 3.93. The molecule has 0 amide bonds. The second kappa shape index (κ2) is 4.31. The fraction of sp³-hybridized carbons (Fsp3) is 0.133. The molecule has 0 aliphatic heterocycles. The quantitative estimate of drug-likeness (QED) is 0.529. The SMILES string of the molecule is C=C/C=C\c1ccc2ccc[n+](C)c2c1C. The Kier molecular flexibility index (Phi) is 2.86. The molecule has 1 heteroatoms. The predicted octanol–water partition coefficient (Wildman–Crippen LogP) is 3.17. The van der Waals surface area contributed by atoms with Gasteiger partial charge in [0.2, 0.25) is 5.52 Å². The van der Waals surface area contributed by atoms with E-state index in [0.717, 1.165) is 0 Å². The number of benzene rings is 1. The van der Waals surface area contributed by atoms with E-state index in [1.54, 1.807) is 6.08 Å². The fourth-order valence-electron chi connectivity index (χ4n) is 2.04. The standard InChI is InChI=1S/C15H16N/c1-4-5-7-13-9-10-14-8-6-11-16(3)15(14)12(13)2/h4-11H,1H2,2-3H3/q+1/b7-5-. The maximum absolute atomic E-state index is 3.69. The number of hydrogen-bond donors (Lipinski definition) is 0. The van der Waals surface area contributed by atoms with Crippen molar-refractivity contribution in [3.8, 4) is 0 Å². The molecule has 2 rings (SSSR count). The molecule has 0 fully saturated rings. The zero-order valence-corrected chi connectivity index (χ0v) is 9.77. The van der Waals surface area contributed by atoms with Crippen LogP contribution in [-0.2, 0) is 7.05 Å². The highest BCUT2D eigenvalue weighted by Crippen LogP contribution is 2.19. The molecule has 0 unspecified atom stereocenters. The van der Waals surface area contributed by atoms with Crippen LogP contribution in [0.5, 0.6) is 0 Å². The highest BCUT2D eigenvalue weighted by atomic mass is 14.9. The Morgan fingerprint density at radius 2 is 2.06 bits per heavy atom. The molecule has 0 saturated heterocycles. The van der Waals surface area contributed by atoms with Crippen LogP contribution < -0.4 is 4.57 Å². The Morgan fingerprint density at radius 1 is 1.25 bits per heavy atom. The Morgan fingerprint density at radius 3 is 2.81 bits per heavy atom. The van der Waals surface area contributed by atoms with Gasteiger partial charge in [-0.25, -0.2) is 4.57 Å². The molecule has 0 N–H and O–H groups in total. The number of aromatic nitrogens is 1. The van der Waals surface area contributed by atoms with Gasteiger partial charge in [0.1, 0.15) is 7.05 Å². The van der Waals surface area contributed by atoms with Gasteiger partial charge in [0.15, 0.2) is 6.20 Å². The van der Waals surface area contributed by atoms with Crippen LogP contribution in [0.15, 0.2) is 49.2 Å². The summed E-state index contributed by atoms with van der Waals surface area (Å²) in [4.78, 5) is 0. The smallest absolute Gasteiger partial charge is 0.201 e. The largest absolute Gasteiger partial charge is 0.215 e. The minimum Gasteiger partial charge on any atom is -0.201 e. The monoisotopic (exact) mass is 210 g/mol. The van der Waals surface area contributed by atoms with Gasteiger partial charge in [0.25, 0.3) is 0 Å². The summed E-state index contributed by atoms with van der Waals surface area (Å²) in [7, 11) is 2.08. The minimum absolute atomic E-state index is 1.24. The van der Waals surface area contributed by atoms with Gasteiger partial charge in [-0.15, -0.1) is 0 Å². The first-order chi connectivity index (χ1) is 7.74. The normalized spacial score (nSPS) is 11.1. The lowest BCUT2D eigenvalue weighted by Gasteiger charge is -2.03. The van der Waals surface area contributed by atoms with Crippen molar-refractivity contribution in [2.75, 3.05) is 0 Å². The zero-order valence-electron chi connectivity index (χ0n) is 9.77. The number of rotatable bonds is 2. The third kappa shape index (κ3) is 1.76. The minimum atomic E-state index is 1.24. The molecule has 1 aromatic heterocycles. The van der Waals surface area contributed by atoms with E-state index in [1.807, 2.05) is 6.08 Å². The Bertz CT molecular complexity index is 565. The summed E-state index contributed by atoms with van der Waals surface area (Å²) in [6.07, 6.45) is 7.94. The Balaban J connectivity index is 2.73. The molecular formula is C15H16N+. The Hall–Kier alpha value is -1.89. The van der Waals surface area contributed by atoms with E-state index in [0.29, 0.717) is 0 Å². The lowest BCUT2D eigenvalue weighted by Crippen LogP contribution is -2.28. The molecule has 0 spiro atoms. The zero-order chi connectivity index (χ0) is 11.5. The number of nitrogens with zero attached hydrogens (tertiary/aromatic N) is 1. The van der Waals surface area contributed by atoms with Crippen molar-refractivity contribution in [3.05, 3.63) is 60.3 Å². The van der Waals surface area contributed by atoms with Crippen LogP contribution in [0.25, 0.3) is 17.0 Å². The molecule has 0 radical (unpaired) electrons. The van der Waals surface area contributed by atoms with E-state index in [2.05, 4.69) is 61.7 Å². The molecule has 0 saturated carbocycles. The third-order valence-electron chi connectivity index (χ3n) is 2.85. The van der Waals surface area contributed by atoms with Crippen LogP contribution in [0.2, 0.25) is 0 Å². The molecule has 1 heterocycles. The molecular weight excluding hydrogens is 194 g/mol. The molecule has 0 bridgehead atoms. The molecule has 2 aromatic rings. The van der Waals surface area contributed by atoms with Gasteiger partial charge in [0, 0.05) is 17.0 Å². The molecule has 0 atom stereocenters. The van der Waals surface area contributed by atoms with Crippen LogP contribution in [0.4, 0.5) is 0 Å². The summed E-state index contributed by atoms with van der Waals surface area (Å²) in [5, 5.41) is 1.28. The number of pyridine rings is 1. The van der Waals surface area contributed by atoms with Crippen molar-refractivity contribution in [1.82, 2.24) is 0 Å². The van der Waals surface area contributed by atoms with E-state index >= 15 is 0 Å². The lowest BCUT2D eigenvalue weighted by atomic mass is 10.0. The molecule has 1 nitrogen and oxygen atoms in total. The molecule has 0 aliphatic carbocycles. The number of allylic oxidation sites excluding steroid dienone is 2. The van der Waals surface area contributed by atoms with Gasteiger partial charge in [-0.1, -0.05) is 30.9 Å². The van der Waals surface area contributed by atoms with E-state index in [4.69, 9.17) is 0 Å². The van der Waals surface area contributed by atoms with Gasteiger partial charge < -0.3 is 0 Å².